The van der Waals surface area contributed by atoms with Gasteiger partial charge in [0.05, 0.1) is 5.52 Å². The average molecular weight is 456 g/mol. The van der Waals surface area contributed by atoms with E-state index in [0.29, 0.717) is 5.58 Å². The number of hydrogen-bond donors (Lipinski definition) is 0. The quantitative estimate of drug-likeness (QED) is 0.302. The van der Waals surface area contributed by atoms with E-state index in [2.05, 4.69) is 52.3 Å². The Hall–Kier alpha value is -3.37. The van der Waals surface area contributed by atoms with Crippen molar-refractivity contribution in [2.45, 2.75) is 5.54 Å². The Balaban J connectivity index is 2.01. The van der Waals surface area contributed by atoms with Gasteiger partial charge in [-0.15, -0.1) is 0 Å². The molecule has 0 aliphatic carbocycles. The second kappa shape index (κ2) is 7.47. The van der Waals surface area contributed by atoms with Gasteiger partial charge in [0.2, 0.25) is 0 Å². The zero-order valence-electron chi connectivity index (χ0n) is 16.0. The second-order valence-electron chi connectivity index (χ2n) is 7.12. The summed E-state index contributed by atoms with van der Waals surface area (Å²) in [4.78, 5) is 13.4. The van der Waals surface area contributed by atoms with E-state index in [4.69, 9.17) is 4.42 Å². The van der Waals surface area contributed by atoms with Gasteiger partial charge in [-0.3, -0.25) is 4.57 Å². The number of benzene rings is 4. The van der Waals surface area contributed by atoms with E-state index >= 15 is 0 Å². The smallest absolute Gasteiger partial charge is 0.408 e. The highest BCUT2D eigenvalue weighted by Crippen LogP contribution is 2.41. The molecule has 1 heterocycles. The standard InChI is InChI=1S/C26H18BrNO2/c27-22-16-17-23-24(18-22)30-25(29)28(23)26(19-10-4-1-5-11-19,20-12-6-2-7-13-20)21-14-8-3-9-15-21/h1-18H. The van der Waals surface area contributed by atoms with Crippen LogP contribution in [-0.4, -0.2) is 4.57 Å². The van der Waals surface area contributed by atoms with Crippen molar-refractivity contribution in [1.82, 2.24) is 4.57 Å². The van der Waals surface area contributed by atoms with Gasteiger partial charge in [0.1, 0.15) is 5.54 Å². The summed E-state index contributed by atoms with van der Waals surface area (Å²) < 4.78 is 8.36. The molecule has 30 heavy (non-hydrogen) atoms. The van der Waals surface area contributed by atoms with E-state index in [1.165, 1.54) is 0 Å². The molecule has 0 saturated heterocycles. The molecule has 0 N–H and O–H groups in total. The van der Waals surface area contributed by atoms with Gasteiger partial charge in [0.15, 0.2) is 5.58 Å². The second-order valence-corrected chi connectivity index (χ2v) is 8.04. The number of aromatic nitrogens is 1. The molecular formula is C26H18BrNO2. The number of hydrogen-bond acceptors (Lipinski definition) is 2. The maximum atomic E-state index is 13.4. The summed E-state index contributed by atoms with van der Waals surface area (Å²) in [5, 5.41) is 0. The molecular weight excluding hydrogens is 438 g/mol. The average Bonchev–Trinajstić information content (AvgIpc) is 3.12. The molecule has 0 saturated carbocycles. The van der Waals surface area contributed by atoms with Crippen LogP contribution >= 0.6 is 15.9 Å². The Morgan fingerprint density at radius 3 is 1.60 bits per heavy atom. The van der Waals surface area contributed by atoms with Gasteiger partial charge >= 0.3 is 5.76 Å². The summed E-state index contributed by atoms with van der Waals surface area (Å²) in [5.41, 5.74) is 3.33. The van der Waals surface area contributed by atoms with Crippen molar-refractivity contribution in [3.63, 3.8) is 0 Å². The number of nitrogens with zero attached hydrogens (tertiary/aromatic N) is 1. The summed E-state index contributed by atoms with van der Waals surface area (Å²) in [6, 6.07) is 36.0. The Kier molecular flexibility index (Phi) is 4.64. The maximum Gasteiger partial charge on any atom is 0.421 e. The number of fused-ring (bicyclic) bond motifs is 1. The third kappa shape index (κ3) is 2.84. The Morgan fingerprint density at radius 2 is 1.13 bits per heavy atom. The molecule has 0 unspecified atom stereocenters. The third-order valence-corrected chi connectivity index (χ3v) is 5.95. The Morgan fingerprint density at radius 1 is 0.667 bits per heavy atom. The highest BCUT2D eigenvalue weighted by atomic mass is 79.9. The van der Waals surface area contributed by atoms with E-state index in [1.54, 1.807) is 4.57 Å². The molecule has 0 fully saturated rings. The van der Waals surface area contributed by atoms with E-state index in [0.717, 1.165) is 26.7 Å². The SMILES string of the molecule is O=c1oc2cc(Br)ccc2n1C(c1ccccc1)(c1ccccc1)c1ccccc1. The van der Waals surface area contributed by atoms with Gasteiger partial charge in [-0.05, 0) is 34.9 Å². The molecule has 146 valence electrons. The van der Waals surface area contributed by atoms with Gasteiger partial charge in [-0.25, -0.2) is 4.79 Å². The zero-order valence-corrected chi connectivity index (χ0v) is 17.6. The summed E-state index contributed by atoms with van der Waals surface area (Å²) in [5.74, 6) is -0.403. The fourth-order valence-corrected chi connectivity index (χ4v) is 4.58. The molecule has 4 aromatic carbocycles. The van der Waals surface area contributed by atoms with Crippen LogP contribution in [0.4, 0.5) is 0 Å². The normalized spacial score (nSPS) is 11.6. The fraction of sp³-hybridized carbons (Fsp3) is 0.0385. The van der Waals surface area contributed by atoms with Crippen molar-refractivity contribution in [2.24, 2.45) is 0 Å². The van der Waals surface area contributed by atoms with Gasteiger partial charge in [0, 0.05) is 4.47 Å². The predicted molar refractivity (Wildman–Crippen MR) is 123 cm³/mol. The third-order valence-electron chi connectivity index (χ3n) is 5.45. The van der Waals surface area contributed by atoms with Crippen LogP contribution in [-0.2, 0) is 5.54 Å². The molecule has 0 bridgehead atoms. The molecule has 5 rings (SSSR count). The molecule has 0 spiro atoms. The molecule has 0 atom stereocenters. The lowest BCUT2D eigenvalue weighted by atomic mass is 9.76. The zero-order chi connectivity index (χ0) is 20.6. The Labute approximate surface area is 182 Å². The lowest BCUT2D eigenvalue weighted by molar-refractivity contribution is 0.441. The highest BCUT2D eigenvalue weighted by Gasteiger charge is 2.41. The van der Waals surface area contributed by atoms with Crippen molar-refractivity contribution in [3.8, 4) is 0 Å². The molecule has 1 aromatic heterocycles. The number of oxazole rings is 1. The molecule has 5 aromatic rings. The maximum absolute atomic E-state index is 13.4. The summed E-state index contributed by atoms with van der Waals surface area (Å²) in [6.07, 6.45) is 0. The molecule has 0 aliphatic heterocycles. The van der Waals surface area contributed by atoms with Crippen molar-refractivity contribution >= 4 is 27.0 Å². The minimum absolute atomic E-state index is 0.403. The van der Waals surface area contributed by atoms with Crippen LogP contribution in [0, 0.1) is 0 Å². The fourth-order valence-electron chi connectivity index (χ4n) is 4.24. The molecule has 3 nitrogen and oxygen atoms in total. The summed E-state index contributed by atoms with van der Waals surface area (Å²) in [7, 11) is 0. The number of halogens is 1. The van der Waals surface area contributed by atoms with E-state index in [-0.39, 0.29) is 0 Å². The largest absolute Gasteiger partial charge is 0.421 e. The van der Waals surface area contributed by atoms with Crippen molar-refractivity contribution in [3.05, 3.63) is 141 Å². The van der Waals surface area contributed by atoms with E-state index < -0.39 is 11.3 Å². The van der Waals surface area contributed by atoms with Crippen molar-refractivity contribution < 1.29 is 4.42 Å². The van der Waals surface area contributed by atoms with Gasteiger partial charge in [-0.2, -0.15) is 0 Å². The minimum Gasteiger partial charge on any atom is -0.408 e. The van der Waals surface area contributed by atoms with Gasteiger partial charge in [0.25, 0.3) is 0 Å². The summed E-state index contributed by atoms with van der Waals surface area (Å²) >= 11 is 3.48. The first-order valence-electron chi connectivity index (χ1n) is 9.69. The number of rotatable bonds is 4. The molecule has 0 radical (unpaired) electrons. The monoisotopic (exact) mass is 455 g/mol. The summed E-state index contributed by atoms with van der Waals surface area (Å²) in [6.45, 7) is 0. The lowest BCUT2D eigenvalue weighted by Crippen LogP contribution is -2.42. The highest BCUT2D eigenvalue weighted by molar-refractivity contribution is 9.10. The first kappa shape index (κ1) is 18.6. The first-order chi connectivity index (χ1) is 14.7. The van der Waals surface area contributed by atoms with Gasteiger partial charge < -0.3 is 4.42 Å². The minimum atomic E-state index is -0.889. The van der Waals surface area contributed by atoms with Crippen molar-refractivity contribution in [1.29, 1.82) is 0 Å². The molecule has 0 aliphatic rings. The van der Waals surface area contributed by atoms with E-state index in [9.17, 15) is 4.79 Å². The van der Waals surface area contributed by atoms with Crippen LogP contribution in [0.2, 0.25) is 0 Å². The van der Waals surface area contributed by atoms with E-state index in [1.807, 2.05) is 72.8 Å². The Bertz CT molecular complexity index is 1260. The molecule has 4 heteroatoms. The van der Waals surface area contributed by atoms with Crippen LogP contribution in [0.25, 0.3) is 11.1 Å². The molecule has 0 amide bonds. The van der Waals surface area contributed by atoms with Gasteiger partial charge in [-0.1, -0.05) is 107 Å². The van der Waals surface area contributed by atoms with Crippen LogP contribution in [0.15, 0.2) is 123 Å². The lowest BCUT2D eigenvalue weighted by Gasteiger charge is -2.36. The van der Waals surface area contributed by atoms with Crippen LogP contribution in [0.3, 0.4) is 0 Å². The van der Waals surface area contributed by atoms with Crippen LogP contribution in [0.5, 0.6) is 0 Å². The first-order valence-corrected chi connectivity index (χ1v) is 10.5. The van der Waals surface area contributed by atoms with Crippen LogP contribution < -0.4 is 5.76 Å². The predicted octanol–water partition coefficient (Wildman–Crippen LogP) is 6.20. The topological polar surface area (TPSA) is 35.1 Å². The van der Waals surface area contributed by atoms with Crippen molar-refractivity contribution in [2.75, 3.05) is 0 Å². The van der Waals surface area contributed by atoms with Crippen LogP contribution in [0.1, 0.15) is 16.7 Å².